The van der Waals surface area contributed by atoms with Crippen molar-refractivity contribution < 1.29 is 16.5 Å². The first kappa shape index (κ1) is 33.8. The Morgan fingerprint density at radius 1 is 0.442 bits per heavy atom. The summed E-state index contributed by atoms with van der Waals surface area (Å²) >= 11 is -0.472. The predicted octanol–water partition coefficient (Wildman–Crippen LogP) is 10.7. The normalized spacial score (nSPS) is 13.2. The maximum absolute atomic E-state index is 5.25. The molecule has 0 saturated carbocycles. The fourth-order valence-electron chi connectivity index (χ4n) is 6.92. The van der Waals surface area contributed by atoms with Gasteiger partial charge in [0.1, 0.15) is 0 Å². The summed E-state index contributed by atoms with van der Waals surface area (Å²) in [6, 6.07) is 8.98. The van der Waals surface area contributed by atoms with Crippen LogP contribution in [0.3, 0.4) is 0 Å². The molecule has 0 amide bonds. The van der Waals surface area contributed by atoms with E-state index in [-0.39, 0.29) is 0 Å². The average Bonchev–Trinajstić information content (AvgIpc) is 3.72. The number of rotatable bonds is 8. The molecule has 0 N–H and O–H groups in total. The van der Waals surface area contributed by atoms with E-state index in [1.165, 1.54) is 44.5 Å². The summed E-state index contributed by atoms with van der Waals surface area (Å²) in [5, 5.41) is 0. The van der Waals surface area contributed by atoms with E-state index in [0.29, 0.717) is 0 Å². The first-order chi connectivity index (χ1) is 20.9. The van der Waals surface area contributed by atoms with Gasteiger partial charge in [0.05, 0.1) is 22.8 Å². The van der Waals surface area contributed by atoms with Crippen molar-refractivity contribution in [3.05, 3.63) is 69.3 Å². The van der Waals surface area contributed by atoms with Crippen LogP contribution >= 0.6 is 18.8 Å². The maximum atomic E-state index is 5.25. The Labute approximate surface area is 274 Å². The summed E-state index contributed by atoms with van der Waals surface area (Å²) in [6.45, 7) is 17.9. The predicted molar refractivity (Wildman–Crippen MR) is 183 cm³/mol. The van der Waals surface area contributed by atoms with Crippen molar-refractivity contribution in [2.45, 2.75) is 107 Å². The number of allylic oxidation sites excluding steroid dienone is 4. The fraction of sp³-hybridized carbons (Fsp3) is 0.444. The molecule has 8 bridgehead atoms. The third kappa shape index (κ3) is 6.49. The summed E-state index contributed by atoms with van der Waals surface area (Å²) in [5.41, 5.74) is 19.1. The van der Waals surface area contributed by atoms with E-state index in [1.54, 1.807) is 0 Å². The molecule has 0 aromatic carbocycles. The standard InChI is InChI=1S/C36H44N4.2ClH.Pt/c1-9-21-22(10-2)30-18-32-25(13-5)26(14-6)34(39-32)20-36-28(16-8)27(15-7)35(40-36)19-33-24(12-4)23(11-3)31(38-33)17-29(21)37-30;;;/h17-20H,9-16H2,1-8H3;2*1H;/q-2;;;+4/p-2. The van der Waals surface area contributed by atoms with Crippen molar-refractivity contribution >= 4 is 63.2 Å². The molecule has 0 atom stereocenters. The Kier molecular flexibility index (Phi) is 12.0. The van der Waals surface area contributed by atoms with Gasteiger partial charge in [0.2, 0.25) is 0 Å². The van der Waals surface area contributed by atoms with E-state index < -0.39 is 16.5 Å². The van der Waals surface area contributed by atoms with Gasteiger partial charge in [0.25, 0.3) is 0 Å². The van der Waals surface area contributed by atoms with Gasteiger partial charge in [-0.1, -0.05) is 102 Å². The van der Waals surface area contributed by atoms with Gasteiger partial charge < -0.3 is 9.97 Å². The molecular formula is C36H44Cl2N4Pt. The number of aromatic nitrogens is 4. The minimum atomic E-state index is -0.472. The second-order valence-electron chi connectivity index (χ2n) is 10.8. The Hall–Kier alpha value is -2.13. The van der Waals surface area contributed by atoms with E-state index in [9.17, 15) is 0 Å². The van der Waals surface area contributed by atoms with Gasteiger partial charge in [0.15, 0.2) is 0 Å². The third-order valence-electron chi connectivity index (χ3n) is 8.82. The Bertz CT molecular complexity index is 1470. The van der Waals surface area contributed by atoms with Crippen LogP contribution < -0.4 is 9.97 Å². The van der Waals surface area contributed by atoms with Gasteiger partial charge in [-0.05, 0) is 73.7 Å². The zero-order valence-corrected chi connectivity index (χ0v) is 30.6. The zero-order chi connectivity index (χ0) is 31.3. The van der Waals surface area contributed by atoms with Gasteiger partial charge in [-0.3, -0.25) is 0 Å². The van der Waals surface area contributed by atoms with Crippen LogP contribution in [0.5, 0.6) is 0 Å². The zero-order valence-electron chi connectivity index (χ0n) is 26.8. The van der Waals surface area contributed by atoms with Gasteiger partial charge in [-0.2, -0.15) is 0 Å². The second-order valence-corrected chi connectivity index (χ2v) is 14.1. The van der Waals surface area contributed by atoms with E-state index in [2.05, 4.69) is 79.7 Å². The number of hydrogen-bond acceptors (Lipinski definition) is 2. The van der Waals surface area contributed by atoms with Gasteiger partial charge in [0, 0.05) is 0 Å². The Morgan fingerprint density at radius 2 is 0.651 bits per heavy atom. The molecule has 0 spiro atoms. The molecule has 0 aliphatic carbocycles. The van der Waals surface area contributed by atoms with Crippen LogP contribution in [-0.4, -0.2) is 9.97 Å². The van der Waals surface area contributed by atoms with Crippen LogP contribution in [0, 0.1) is 0 Å². The van der Waals surface area contributed by atoms with Gasteiger partial charge in [-0.15, -0.1) is 22.1 Å². The van der Waals surface area contributed by atoms with Crippen molar-refractivity contribution in [2.75, 3.05) is 0 Å². The van der Waals surface area contributed by atoms with Crippen molar-refractivity contribution in [3.8, 4) is 0 Å². The monoisotopic (exact) mass is 797 g/mol. The molecule has 5 rings (SSSR count). The molecule has 0 unspecified atom stereocenters. The summed E-state index contributed by atoms with van der Waals surface area (Å²) in [7, 11) is 9.75. The summed E-state index contributed by atoms with van der Waals surface area (Å²) in [5.74, 6) is 0. The number of hydrogen-bond donors (Lipinski definition) is 0. The summed E-state index contributed by atoms with van der Waals surface area (Å²) < 4.78 is 0. The minimum absolute atomic E-state index is 0.472. The van der Waals surface area contributed by atoms with Crippen LogP contribution in [0.1, 0.15) is 126 Å². The first-order valence-electron chi connectivity index (χ1n) is 15.8. The molecule has 5 heterocycles. The molecule has 0 fully saturated rings. The fourth-order valence-corrected chi connectivity index (χ4v) is 6.92. The Morgan fingerprint density at radius 3 is 0.814 bits per heavy atom. The number of fused-ring (bicyclic) bond motifs is 8. The number of aryl methyl sites for hydroxylation is 4. The van der Waals surface area contributed by atoms with Crippen molar-refractivity contribution in [3.63, 3.8) is 0 Å². The topological polar surface area (TPSA) is 54.0 Å². The second kappa shape index (κ2) is 15.2. The van der Waals surface area contributed by atoms with E-state index in [4.69, 9.17) is 38.8 Å². The van der Waals surface area contributed by atoms with Crippen LogP contribution in [0.25, 0.3) is 44.4 Å². The quantitative estimate of drug-likeness (QED) is 0.228. The van der Waals surface area contributed by atoms with E-state index in [1.807, 2.05) is 0 Å². The van der Waals surface area contributed by atoms with Crippen LogP contribution in [0.15, 0.2) is 24.3 Å². The van der Waals surface area contributed by atoms with E-state index >= 15 is 0 Å². The SMILES string of the molecule is CCC1=C(CC)c2cc3[n-]c(cc4nc(cc5[n-]c(cc1n2)c(CC)c5CC)C(CC)=C4CC)c(CC)c3CC.[Cl][Pt+2][Cl]. The van der Waals surface area contributed by atoms with Crippen LogP contribution in [0.2, 0.25) is 0 Å². The number of halogens is 2. The van der Waals surface area contributed by atoms with Crippen LogP contribution in [0.4, 0.5) is 0 Å². The Balaban J connectivity index is 0.00000135. The third-order valence-corrected chi connectivity index (χ3v) is 8.82. The molecule has 3 aromatic rings. The van der Waals surface area contributed by atoms with E-state index in [0.717, 1.165) is 96.2 Å². The van der Waals surface area contributed by atoms with Crippen LogP contribution in [-0.2, 0) is 42.2 Å². The average molecular weight is 799 g/mol. The molecule has 4 nitrogen and oxygen atoms in total. The van der Waals surface area contributed by atoms with Crippen molar-refractivity contribution in [1.82, 2.24) is 19.9 Å². The molecular weight excluding hydrogens is 754 g/mol. The molecule has 3 aromatic heterocycles. The van der Waals surface area contributed by atoms with Gasteiger partial charge in [-0.25, -0.2) is 9.97 Å². The molecule has 2 aliphatic rings. The molecule has 232 valence electrons. The van der Waals surface area contributed by atoms with Crippen molar-refractivity contribution in [2.24, 2.45) is 0 Å². The molecule has 7 heteroatoms. The molecule has 2 aliphatic heterocycles. The first-order valence-corrected chi connectivity index (χ1v) is 21.5. The summed E-state index contributed by atoms with van der Waals surface area (Å²) in [4.78, 5) is 21.0. The molecule has 0 saturated heterocycles. The van der Waals surface area contributed by atoms with Crippen molar-refractivity contribution in [1.29, 1.82) is 0 Å². The van der Waals surface area contributed by atoms with Gasteiger partial charge >= 0.3 is 35.3 Å². The molecule has 43 heavy (non-hydrogen) atoms. The molecule has 0 radical (unpaired) electrons. The number of nitrogens with zero attached hydrogens (tertiary/aromatic N) is 4. The summed E-state index contributed by atoms with van der Waals surface area (Å²) in [6.07, 6.45) is 7.60.